The minimum atomic E-state index is -0.364. The molecule has 0 aliphatic heterocycles. The molecule has 0 aliphatic rings. The molecular weight excluding hydrogens is 364 g/mol. The Kier molecular flexibility index (Phi) is 4.32. The van der Waals surface area contributed by atoms with Crippen LogP contribution in [0.5, 0.6) is 0 Å². The van der Waals surface area contributed by atoms with Gasteiger partial charge in [-0.1, -0.05) is 10.4 Å². The number of benzene rings is 1. The highest BCUT2D eigenvalue weighted by Crippen LogP contribution is 2.14. The van der Waals surface area contributed by atoms with Crippen LogP contribution in [0.2, 0.25) is 0 Å². The van der Waals surface area contributed by atoms with E-state index < -0.39 is 0 Å². The van der Waals surface area contributed by atoms with E-state index in [-0.39, 0.29) is 29.1 Å². The lowest BCUT2D eigenvalue weighted by Crippen LogP contribution is -2.30. The fraction of sp³-hybridized carbons (Fsp3) is 0.312. The minimum Gasteiger partial charge on any atom is -0.267 e. The SMILES string of the molecule is C#CCCn1nnc2cc3c(=O)n(C(C)Cn4ncnn4)nnc3cc2c1=O. The monoisotopic (exact) mass is 378 g/mol. The maximum atomic E-state index is 12.9. The first-order valence-corrected chi connectivity index (χ1v) is 8.39. The third-order valence-corrected chi connectivity index (χ3v) is 4.23. The van der Waals surface area contributed by atoms with E-state index in [9.17, 15) is 9.59 Å². The highest BCUT2D eigenvalue weighted by molar-refractivity contribution is 5.93. The maximum Gasteiger partial charge on any atom is 0.277 e. The van der Waals surface area contributed by atoms with Crippen molar-refractivity contribution in [3.05, 3.63) is 39.2 Å². The predicted molar refractivity (Wildman–Crippen MR) is 97.1 cm³/mol. The van der Waals surface area contributed by atoms with Gasteiger partial charge >= 0.3 is 0 Å². The van der Waals surface area contributed by atoms with Gasteiger partial charge in [-0.3, -0.25) is 9.59 Å². The fourth-order valence-electron chi connectivity index (χ4n) is 2.82. The molecule has 4 aromatic rings. The van der Waals surface area contributed by atoms with Gasteiger partial charge in [0, 0.05) is 6.42 Å². The summed E-state index contributed by atoms with van der Waals surface area (Å²) in [6.07, 6.45) is 6.90. The van der Waals surface area contributed by atoms with E-state index in [1.54, 1.807) is 6.92 Å². The Bertz CT molecular complexity index is 1320. The standard InChI is InChI=1S/C16H14N10O2/c1-3-4-5-24-15(27)11-6-14-12(7-13(11)19-22-24)16(28)26(23-20-14)10(2)8-25-18-9-17-21-25/h1,6-7,9-10H,4-5,8H2,2H3. The van der Waals surface area contributed by atoms with Gasteiger partial charge in [0.1, 0.15) is 11.0 Å². The second kappa shape index (κ2) is 6.95. The molecule has 0 bridgehead atoms. The van der Waals surface area contributed by atoms with Gasteiger partial charge in [0.2, 0.25) is 0 Å². The molecule has 1 atom stereocenters. The van der Waals surface area contributed by atoms with Crippen molar-refractivity contribution < 1.29 is 0 Å². The second-order valence-electron chi connectivity index (χ2n) is 6.14. The third kappa shape index (κ3) is 2.98. The smallest absolute Gasteiger partial charge is 0.267 e. The summed E-state index contributed by atoms with van der Waals surface area (Å²) in [5, 5.41) is 27.9. The molecule has 0 spiro atoms. The summed E-state index contributed by atoms with van der Waals surface area (Å²) >= 11 is 0. The number of hydrogen-bond acceptors (Lipinski definition) is 9. The Hall–Kier alpha value is -4.01. The van der Waals surface area contributed by atoms with Crippen molar-refractivity contribution in [2.45, 2.75) is 32.5 Å². The van der Waals surface area contributed by atoms with E-state index in [1.807, 2.05) is 0 Å². The van der Waals surface area contributed by atoms with Gasteiger partial charge in [-0.15, -0.1) is 32.7 Å². The highest BCUT2D eigenvalue weighted by Gasteiger charge is 2.16. The molecule has 0 aliphatic carbocycles. The number of aryl methyl sites for hydroxylation is 1. The van der Waals surface area contributed by atoms with Crippen molar-refractivity contribution in [3.8, 4) is 12.3 Å². The van der Waals surface area contributed by atoms with Crippen molar-refractivity contribution in [2.75, 3.05) is 0 Å². The Morgan fingerprint density at radius 3 is 2.46 bits per heavy atom. The topological polar surface area (TPSA) is 139 Å². The summed E-state index contributed by atoms with van der Waals surface area (Å²) in [5.74, 6) is 2.45. The first-order chi connectivity index (χ1) is 13.6. The van der Waals surface area contributed by atoms with E-state index in [0.29, 0.717) is 29.4 Å². The van der Waals surface area contributed by atoms with Gasteiger partial charge in [0.15, 0.2) is 6.33 Å². The maximum absolute atomic E-state index is 12.9. The normalized spacial score (nSPS) is 12.3. The van der Waals surface area contributed by atoms with Crippen molar-refractivity contribution >= 4 is 21.8 Å². The number of hydrogen-bond donors (Lipinski definition) is 0. The molecule has 0 saturated heterocycles. The molecule has 0 N–H and O–H groups in total. The number of tetrazole rings is 1. The van der Waals surface area contributed by atoms with Gasteiger partial charge in [-0.05, 0) is 24.3 Å². The lowest BCUT2D eigenvalue weighted by Gasteiger charge is -2.12. The molecule has 0 radical (unpaired) electrons. The quantitative estimate of drug-likeness (QED) is 0.321. The van der Waals surface area contributed by atoms with Crippen LogP contribution in [0.1, 0.15) is 19.4 Å². The molecule has 3 aromatic heterocycles. The van der Waals surface area contributed by atoms with Crippen LogP contribution < -0.4 is 11.1 Å². The zero-order valence-corrected chi connectivity index (χ0v) is 14.8. The molecule has 12 heteroatoms. The molecule has 0 fully saturated rings. The summed E-state index contributed by atoms with van der Waals surface area (Å²) in [5.41, 5.74) is -0.110. The number of aromatic nitrogens is 10. The summed E-state index contributed by atoms with van der Waals surface area (Å²) in [6, 6.07) is 2.63. The van der Waals surface area contributed by atoms with Crippen LogP contribution in [0.25, 0.3) is 21.8 Å². The Morgan fingerprint density at radius 2 is 1.79 bits per heavy atom. The van der Waals surface area contributed by atoms with E-state index in [2.05, 4.69) is 42.0 Å². The summed E-state index contributed by atoms with van der Waals surface area (Å²) in [7, 11) is 0. The molecule has 1 unspecified atom stereocenters. The van der Waals surface area contributed by atoms with Crippen LogP contribution >= 0.6 is 0 Å². The van der Waals surface area contributed by atoms with Crippen LogP contribution in [-0.4, -0.2) is 50.2 Å². The van der Waals surface area contributed by atoms with Gasteiger partial charge in [0.05, 0.1) is 29.9 Å². The van der Waals surface area contributed by atoms with Gasteiger partial charge in [0.25, 0.3) is 11.1 Å². The number of fused-ring (bicyclic) bond motifs is 2. The first-order valence-electron chi connectivity index (χ1n) is 8.39. The molecule has 1 aromatic carbocycles. The van der Waals surface area contributed by atoms with Crippen molar-refractivity contribution in [1.82, 2.24) is 50.2 Å². The van der Waals surface area contributed by atoms with Gasteiger partial charge in [-0.2, -0.15) is 4.80 Å². The first kappa shape index (κ1) is 17.4. The summed E-state index contributed by atoms with van der Waals surface area (Å²) < 4.78 is 2.43. The number of nitrogens with zero attached hydrogens (tertiary/aromatic N) is 10. The third-order valence-electron chi connectivity index (χ3n) is 4.23. The van der Waals surface area contributed by atoms with Crippen LogP contribution in [0.15, 0.2) is 28.0 Å². The number of terminal acetylenes is 1. The fourth-order valence-corrected chi connectivity index (χ4v) is 2.82. The second-order valence-corrected chi connectivity index (χ2v) is 6.14. The van der Waals surface area contributed by atoms with Crippen molar-refractivity contribution in [3.63, 3.8) is 0 Å². The zero-order valence-electron chi connectivity index (χ0n) is 14.8. The lowest BCUT2D eigenvalue weighted by atomic mass is 10.2. The van der Waals surface area contributed by atoms with Gasteiger partial charge in [-0.25, -0.2) is 9.36 Å². The van der Waals surface area contributed by atoms with Crippen LogP contribution in [-0.2, 0) is 13.1 Å². The average molecular weight is 378 g/mol. The highest BCUT2D eigenvalue weighted by atomic mass is 16.1. The van der Waals surface area contributed by atoms with Crippen molar-refractivity contribution in [2.24, 2.45) is 0 Å². The predicted octanol–water partition coefficient (Wildman–Crippen LogP) is -0.833. The molecule has 28 heavy (non-hydrogen) atoms. The molecule has 12 nitrogen and oxygen atoms in total. The average Bonchev–Trinajstić information content (AvgIpc) is 3.20. The van der Waals surface area contributed by atoms with E-state index in [0.717, 1.165) is 0 Å². The van der Waals surface area contributed by atoms with E-state index in [1.165, 1.54) is 32.6 Å². The Labute approximate surface area is 156 Å². The van der Waals surface area contributed by atoms with Crippen molar-refractivity contribution in [1.29, 1.82) is 0 Å². The molecule has 3 heterocycles. The van der Waals surface area contributed by atoms with Crippen LogP contribution in [0.3, 0.4) is 0 Å². The van der Waals surface area contributed by atoms with E-state index in [4.69, 9.17) is 6.42 Å². The van der Waals surface area contributed by atoms with Crippen LogP contribution in [0, 0.1) is 12.3 Å². The van der Waals surface area contributed by atoms with Crippen LogP contribution in [0.4, 0.5) is 0 Å². The van der Waals surface area contributed by atoms with E-state index >= 15 is 0 Å². The number of rotatable bonds is 5. The lowest BCUT2D eigenvalue weighted by molar-refractivity contribution is 0.354. The summed E-state index contributed by atoms with van der Waals surface area (Å²) in [4.78, 5) is 26.8. The molecule has 0 saturated carbocycles. The molecule has 4 rings (SSSR count). The molecule has 0 amide bonds. The minimum absolute atomic E-state index is 0.261. The Morgan fingerprint density at radius 1 is 1.07 bits per heavy atom. The van der Waals surface area contributed by atoms with Gasteiger partial charge < -0.3 is 0 Å². The largest absolute Gasteiger partial charge is 0.277 e. The molecular formula is C16H14N10O2. The Balaban J connectivity index is 1.80. The molecule has 140 valence electrons. The zero-order chi connectivity index (χ0) is 19.7. The summed E-state index contributed by atoms with van der Waals surface area (Å²) in [6.45, 7) is 2.35.